The Labute approximate surface area is 126 Å². The second kappa shape index (κ2) is 10.8. The van der Waals surface area contributed by atoms with E-state index >= 15 is 0 Å². The standard InChI is InChI=1S/C12H18N2O4.C3H8/c1-8(13-6-7-14-12(17)18-2)11-9(15)4-3-5-10(11)16;1-3-2/h3-5,8,13,15-16H,6-7H2,1-2H3,(H,14,17);3H2,1-2H3. The third-order valence-electron chi connectivity index (χ3n) is 2.52. The third kappa shape index (κ3) is 7.41. The zero-order valence-electron chi connectivity index (χ0n) is 13.1. The van der Waals surface area contributed by atoms with Crippen LogP contribution in [-0.4, -0.2) is 36.5 Å². The molecular weight excluding hydrogens is 272 g/mol. The predicted molar refractivity (Wildman–Crippen MR) is 82.6 cm³/mol. The first-order chi connectivity index (χ1) is 9.97. The van der Waals surface area contributed by atoms with Gasteiger partial charge in [-0.05, 0) is 19.1 Å². The van der Waals surface area contributed by atoms with Crippen molar-refractivity contribution in [3.05, 3.63) is 23.8 Å². The lowest BCUT2D eigenvalue weighted by Crippen LogP contribution is -2.32. The Morgan fingerprint density at radius 3 is 2.24 bits per heavy atom. The van der Waals surface area contributed by atoms with Crippen molar-refractivity contribution in [3.8, 4) is 11.5 Å². The number of rotatable bonds is 5. The number of ether oxygens (including phenoxy) is 1. The van der Waals surface area contributed by atoms with Gasteiger partial charge in [-0.3, -0.25) is 0 Å². The molecule has 21 heavy (non-hydrogen) atoms. The van der Waals surface area contributed by atoms with Crippen molar-refractivity contribution >= 4 is 6.09 Å². The Kier molecular flexibility index (Phi) is 9.79. The van der Waals surface area contributed by atoms with Gasteiger partial charge in [0.15, 0.2) is 0 Å². The molecule has 1 rings (SSSR count). The van der Waals surface area contributed by atoms with Crippen LogP contribution in [0.2, 0.25) is 0 Å². The van der Waals surface area contributed by atoms with Crippen LogP contribution in [0.15, 0.2) is 18.2 Å². The molecule has 0 bridgehead atoms. The van der Waals surface area contributed by atoms with Crippen LogP contribution < -0.4 is 10.6 Å². The first-order valence-electron chi connectivity index (χ1n) is 7.03. The van der Waals surface area contributed by atoms with Gasteiger partial charge in [0.25, 0.3) is 0 Å². The highest BCUT2D eigenvalue weighted by Gasteiger charge is 2.14. The van der Waals surface area contributed by atoms with E-state index in [1.54, 1.807) is 6.07 Å². The number of nitrogens with one attached hydrogen (secondary N) is 2. The molecule has 0 aliphatic heterocycles. The molecule has 6 heteroatoms. The second-order valence-corrected chi connectivity index (χ2v) is 4.51. The van der Waals surface area contributed by atoms with Crippen LogP contribution in [-0.2, 0) is 4.74 Å². The summed E-state index contributed by atoms with van der Waals surface area (Å²) < 4.78 is 4.42. The molecule has 1 amide bonds. The van der Waals surface area contributed by atoms with Crippen LogP contribution in [0.4, 0.5) is 4.79 Å². The zero-order chi connectivity index (χ0) is 16.3. The molecule has 1 aromatic rings. The molecule has 120 valence electrons. The van der Waals surface area contributed by atoms with Gasteiger partial charge in [0, 0.05) is 19.1 Å². The molecule has 0 aliphatic rings. The second-order valence-electron chi connectivity index (χ2n) is 4.51. The van der Waals surface area contributed by atoms with E-state index in [-0.39, 0.29) is 17.5 Å². The SMILES string of the molecule is CCC.COC(=O)NCCNC(C)c1c(O)cccc1O. The van der Waals surface area contributed by atoms with Crippen LogP contribution in [0.5, 0.6) is 11.5 Å². The maximum Gasteiger partial charge on any atom is 0.406 e. The number of hydrogen-bond acceptors (Lipinski definition) is 5. The number of benzene rings is 1. The maximum atomic E-state index is 10.8. The minimum absolute atomic E-state index is 0.0379. The van der Waals surface area contributed by atoms with E-state index in [1.807, 2.05) is 6.92 Å². The van der Waals surface area contributed by atoms with E-state index in [0.29, 0.717) is 18.7 Å². The largest absolute Gasteiger partial charge is 0.507 e. The fraction of sp³-hybridized carbons (Fsp3) is 0.533. The van der Waals surface area contributed by atoms with E-state index < -0.39 is 6.09 Å². The van der Waals surface area contributed by atoms with Crippen molar-refractivity contribution < 1.29 is 19.7 Å². The molecule has 0 spiro atoms. The lowest BCUT2D eigenvalue weighted by Gasteiger charge is -2.16. The Hall–Kier alpha value is -1.95. The monoisotopic (exact) mass is 298 g/mol. The molecule has 0 saturated carbocycles. The summed E-state index contributed by atoms with van der Waals surface area (Å²) in [7, 11) is 1.30. The number of phenolic OH excluding ortho intramolecular Hbond substituents is 2. The van der Waals surface area contributed by atoms with Crippen molar-refractivity contribution in [2.24, 2.45) is 0 Å². The summed E-state index contributed by atoms with van der Waals surface area (Å²) >= 11 is 0. The Bertz CT molecular complexity index is 404. The van der Waals surface area contributed by atoms with Crippen molar-refractivity contribution in [1.29, 1.82) is 0 Å². The number of methoxy groups -OCH3 is 1. The molecule has 1 aromatic carbocycles. The van der Waals surface area contributed by atoms with Gasteiger partial charge in [-0.1, -0.05) is 26.3 Å². The molecule has 1 atom stereocenters. The number of carbonyl (C=O) groups excluding carboxylic acids is 1. The summed E-state index contributed by atoms with van der Waals surface area (Å²) in [6, 6.07) is 4.37. The number of aromatic hydroxyl groups is 2. The average Bonchev–Trinajstić information content (AvgIpc) is 2.44. The van der Waals surface area contributed by atoms with Gasteiger partial charge in [-0.2, -0.15) is 0 Å². The van der Waals surface area contributed by atoms with Crippen LogP contribution in [0.1, 0.15) is 38.8 Å². The molecule has 0 aliphatic carbocycles. The number of carbonyl (C=O) groups is 1. The fourth-order valence-corrected chi connectivity index (χ4v) is 1.61. The zero-order valence-corrected chi connectivity index (χ0v) is 13.1. The lowest BCUT2D eigenvalue weighted by molar-refractivity contribution is 0.171. The van der Waals surface area contributed by atoms with Gasteiger partial charge >= 0.3 is 6.09 Å². The molecule has 1 unspecified atom stereocenters. The van der Waals surface area contributed by atoms with Crippen molar-refractivity contribution in [1.82, 2.24) is 10.6 Å². The molecule has 0 radical (unpaired) electrons. The Balaban J connectivity index is 0.00000122. The number of phenols is 2. The highest BCUT2D eigenvalue weighted by Crippen LogP contribution is 2.31. The van der Waals surface area contributed by atoms with Crippen molar-refractivity contribution in [2.45, 2.75) is 33.2 Å². The smallest absolute Gasteiger partial charge is 0.406 e. The quantitative estimate of drug-likeness (QED) is 0.627. The van der Waals surface area contributed by atoms with Gasteiger partial charge in [0.1, 0.15) is 11.5 Å². The van der Waals surface area contributed by atoms with Gasteiger partial charge in [-0.25, -0.2) is 4.79 Å². The fourth-order valence-electron chi connectivity index (χ4n) is 1.61. The van der Waals surface area contributed by atoms with Crippen LogP contribution >= 0.6 is 0 Å². The summed E-state index contributed by atoms with van der Waals surface area (Å²) in [6.45, 7) is 6.95. The first kappa shape index (κ1) is 19.1. The van der Waals surface area contributed by atoms with E-state index in [9.17, 15) is 15.0 Å². The van der Waals surface area contributed by atoms with Gasteiger partial charge in [0.2, 0.25) is 0 Å². The summed E-state index contributed by atoms with van der Waals surface area (Å²) in [5.41, 5.74) is 0.440. The van der Waals surface area contributed by atoms with E-state index in [2.05, 4.69) is 29.2 Å². The summed E-state index contributed by atoms with van der Waals surface area (Å²) in [4.78, 5) is 10.8. The Morgan fingerprint density at radius 2 is 1.76 bits per heavy atom. The summed E-state index contributed by atoms with van der Waals surface area (Å²) in [6.07, 6.45) is 0.759. The molecule has 0 fully saturated rings. The van der Waals surface area contributed by atoms with Gasteiger partial charge in [-0.15, -0.1) is 0 Å². The van der Waals surface area contributed by atoms with Crippen molar-refractivity contribution in [2.75, 3.05) is 20.2 Å². The van der Waals surface area contributed by atoms with Crippen LogP contribution in [0, 0.1) is 0 Å². The molecule has 6 nitrogen and oxygen atoms in total. The maximum absolute atomic E-state index is 10.8. The molecule has 0 aromatic heterocycles. The van der Waals surface area contributed by atoms with E-state index in [0.717, 1.165) is 0 Å². The summed E-state index contributed by atoms with van der Waals surface area (Å²) in [5.74, 6) is 0.0758. The Morgan fingerprint density at radius 1 is 1.24 bits per heavy atom. The predicted octanol–water partition coefficient (Wildman–Crippen LogP) is 2.52. The average molecular weight is 298 g/mol. The number of hydrogen-bond donors (Lipinski definition) is 4. The first-order valence-corrected chi connectivity index (χ1v) is 7.03. The molecular formula is C15H26N2O4. The molecule has 0 heterocycles. The topological polar surface area (TPSA) is 90.8 Å². The van der Waals surface area contributed by atoms with Crippen LogP contribution in [0.3, 0.4) is 0 Å². The van der Waals surface area contributed by atoms with E-state index in [4.69, 9.17) is 0 Å². The van der Waals surface area contributed by atoms with Crippen molar-refractivity contribution in [3.63, 3.8) is 0 Å². The summed E-state index contributed by atoms with van der Waals surface area (Å²) in [5, 5.41) is 24.9. The molecule has 0 saturated heterocycles. The highest BCUT2D eigenvalue weighted by molar-refractivity contribution is 5.66. The van der Waals surface area contributed by atoms with Crippen LogP contribution in [0.25, 0.3) is 0 Å². The third-order valence-corrected chi connectivity index (χ3v) is 2.52. The highest BCUT2D eigenvalue weighted by atomic mass is 16.5. The normalized spacial score (nSPS) is 11.0. The van der Waals surface area contributed by atoms with Gasteiger partial charge < -0.3 is 25.6 Å². The van der Waals surface area contributed by atoms with E-state index in [1.165, 1.54) is 25.7 Å². The number of amides is 1. The van der Waals surface area contributed by atoms with Gasteiger partial charge in [0.05, 0.1) is 12.7 Å². The number of alkyl carbamates (subject to hydrolysis) is 1. The minimum atomic E-state index is -0.491. The molecule has 4 N–H and O–H groups in total. The minimum Gasteiger partial charge on any atom is -0.507 e. The lowest BCUT2D eigenvalue weighted by atomic mass is 10.1.